The molecule has 13 heavy (non-hydrogen) atoms. The molecule has 0 unspecified atom stereocenters. The molecule has 1 N–H and O–H groups in total. The van der Waals surface area contributed by atoms with E-state index in [0.717, 1.165) is 25.8 Å². The lowest BCUT2D eigenvalue weighted by molar-refractivity contribution is -0.116. The molecule has 0 heterocycles. The lowest BCUT2D eigenvalue weighted by Crippen LogP contribution is -2.41. The monoisotopic (exact) mass is 185 g/mol. The molecule has 1 fully saturated rings. The number of carbonyl (C=O) groups is 1. The molecule has 1 aliphatic rings. The molecule has 3 heteroatoms. The molecule has 0 bridgehead atoms. The fraction of sp³-hybridized carbons (Fsp3) is 0.900. The van der Waals surface area contributed by atoms with Crippen molar-refractivity contribution in [3.63, 3.8) is 0 Å². The van der Waals surface area contributed by atoms with Gasteiger partial charge in [-0.1, -0.05) is 0 Å². The van der Waals surface area contributed by atoms with Crippen molar-refractivity contribution in [2.24, 2.45) is 5.92 Å². The third kappa shape index (κ3) is 3.77. The van der Waals surface area contributed by atoms with Gasteiger partial charge in [-0.2, -0.15) is 0 Å². The molecule has 1 aliphatic carbocycles. The first kappa shape index (κ1) is 10.5. The molecule has 0 atom stereocenters. The van der Waals surface area contributed by atoms with Crippen LogP contribution in [0.25, 0.3) is 0 Å². The van der Waals surface area contributed by atoms with Crippen LogP contribution in [0.4, 0.5) is 0 Å². The number of amides is 1. The zero-order chi connectivity index (χ0) is 9.90. The van der Waals surface area contributed by atoms with Crippen LogP contribution in [-0.4, -0.2) is 24.7 Å². The Labute approximate surface area is 79.8 Å². The Balaban J connectivity index is 2.08. The van der Waals surface area contributed by atoms with Crippen LogP contribution in [0.3, 0.4) is 0 Å². The summed E-state index contributed by atoms with van der Waals surface area (Å²) in [6.07, 6.45) is 3.33. The minimum atomic E-state index is -0.0340. The van der Waals surface area contributed by atoms with Crippen molar-refractivity contribution in [3.8, 4) is 0 Å². The highest BCUT2D eigenvalue weighted by atomic mass is 16.5. The first-order valence-corrected chi connectivity index (χ1v) is 4.86. The maximum absolute atomic E-state index is 10.0. The third-order valence-corrected chi connectivity index (χ3v) is 2.20. The van der Waals surface area contributed by atoms with E-state index in [4.69, 9.17) is 4.74 Å². The number of hydrogen-bond donors (Lipinski definition) is 1. The Bertz CT molecular complexity index is 168. The largest absolute Gasteiger partial charge is 0.373 e. The van der Waals surface area contributed by atoms with E-state index >= 15 is 0 Å². The van der Waals surface area contributed by atoms with Crippen molar-refractivity contribution in [1.29, 1.82) is 0 Å². The number of carbonyl (C=O) groups excluding carboxylic acids is 1. The van der Waals surface area contributed by atoms with Crippen molar-refractivity contribution in [2.45, 2.75) is 45.3 Å². The minimum absolute atomic E-state index is 0.0340. The Morgan fingerprint density at radius 3 is 2.54 bits per heavy atom. The molecule has 0 aromatic heterocycles. The molecule has 3 nitrogen and oxygen atoms in total. The molecule has 0 spiro atoms. The second kappa shape index (κ2) is 4.09. The molecule has 0 radical (unpaired) electrons. The average Bonchev–Trinajstić information content (AvgIpc) is 1.91. The highest BCUT2D eigenvalue weighted by Crippen LogP contribution is 2.32. The maximum Gasteiger partial charge on any atom is 0.207 e. The first-order chi connectivity index (χ1) is 6.01. The summed E-state index contributed by atoms with van der Waals surface area (Å²) in [6.45, 7) is 7.02. The van der Waals surface area contributed by atoms with E-state index in [2.05, 4.69) is 26.1 Å². The number of hydrogen-bond acceptors (Lipinski definition) is 2. The zero-order valence-corrected chi connectivity index (χ0v) is 8.67. The van der Waals surface area contributed by atoms with Crippen LogP contribution in [0.1, 0.15) is 33.6 Å². The summed E-state index contributed by atoms with van der Waals surface area (Å²) in [5.41, 5.74) is -0.0340. The van der Waals surface area contributed by atoms with Gasteiger partial charge in [0.2, 0.25) is 6.41 Å². The fourth-order valence-corrected chi connectivity index (χ4v) is 1.65. The van der Waals surface area contributed by atoms with Crippen LogP contribution in [0.15, 0.2) is 0 Å². The summed E-state index contributed by atoms with van der Waals surface area (Å²) in [4.78, 5) is 10.0. The molecular weight excluding hydrogens is 166 g/mol. The van der Waals surface area contributed by atoms with Gasteiger partial charge in [0.05, 0.1) is 11.7 Å². The summed E-state index contributed by atoms with van der Waals surface area (Å²) >= 11 is 0. The van der Waals surface area contributed by atoms with Crippen molar-refractivity contribution in [1.82, 2.24) is 5.32 Å². The molecule has 0 aromatic rings. The van der Waals surface area contributed by atoms with Crippen LogP contribution in [0.5, 0.6) is 0 Å². The Kier molecular flexibility index (Phi) is 3.31. The third-order valence-electron chi connectivity index (χ3n) is 2.20. The average molecular weight is 185 g/mol. The van der Waals surface area contributed by atoms with Crippen molar-refractivity contribution in [3.05, 3.63) is 0 Å². The Morgan fingerprint density at radius 2 is 2.08 bits per heavy atom. The minimum Gasteiger partial charge on any atom is -0.373 e. The van der Waals surface area contributed by atoms with Gasteiger partial charge in [-0.25, -0.2) is 0 Å². The molecule has 0 saturated heterocycles. The van der Waals surface area contributed by atoms with E-state index < -0.39 is 0 Å². The van der Waals surface area contributed by atoms with Crippen LogP contribution < -0.4 is 5.32 Å². The van der Waals surface area contributed by atoms with Crippen LogP contribution in [0, 0.1) is 5.92 Å². The van der Waals surface area contributed by atoms with Gasteiger partial charge in [0.25, 0.3) is 0 Å². The molecule has 1 amide bonds. The lowest BCUT2D eigenvalue weighted by atomic mass is 9.82. The summed E-state index contributed by atoms with van der Waals surface area (Å²) in [5.74, 6) is 0.623. The van der Waals surface area contributed by atoms with Gasteiger partial charge in [0.1, 0.15) is 0 Å². The molecule has 76 valence electrons. The maximum atomic E-state index is 10.0. The van der Waals surface area contributed by atoms with E-state index in [9.17, 15) is 4.79 Å². The van der Waals surface area contributed by atoms with Crippen LogP contribution >= 0.6 is 0 Å². The summed E-state index contributed by atoms with van der Waals surface area (Å²) < 4.78 is 5.77. The summed E-state index contributed by atoms with van der Waals surface area (Å²) in [6, 6.07) is 0. The molecule has 1 rings (SSSR count). The molecule has 1 saturated carbocycles. The highest BCUT2D eigenvalue weighted by molar-refractivity contribution is 5.45. The van der Waals surface area contributed by atoms with Crippen molar-refractivity contribution >= 4 is 6.41 Å². The summed E-state index contributed by atoms with van der Waals surface area (Å²) in [5, 5.41) is 2.70. The van der Waals surface area contributed by atoms with Crippen molar-refractivity contribution < 1.29 is 9.53 Å². The normalized spacial score (nSPS) is 27.9. The Morgan fingerprint density at radius 1 is 1.46 bits per heavy atom. The van der Waals surface area contributed by atoms with E-state index in [1.165, 1.54) is 0 Å². The van der Waals surface area contributed by atoms with Crippen molar-refractivity contribution in [2.75, 3.05) is 6.54 Å². The van der Waals surface area contributed by atoms with E-state index in [1.807, 2.05) is 0 Å². The van der Waals surface area contributed by atoms with E-state index in [1.54, 1.807) is 0 Å². The van der Waals surface area contributed by atoms with Gasteiger partial charge >= 0.3 is 0 Å². The van der Waals surface area contributed by atoms with Gasteiger partial charge in [-0.05, 0) is 39.5 Å². The lowest BCUT2D eigenvalue weighted by Gasteiger charge is -2.39. The standard InChI is InChI=1S/C10H19NO2/c1-10(2,3)13-9-4-8(5-9)6-11-7-12/h7-9H,4-6H2,1-3H3,(H,11,12). The number of ether oxygens (including phenoxy) is 1. The number of rotatable bonds is 4. The Hall–Kier alpha value is -0.570. The quantitative estimate of drug-likeness (QED) is 0.671. The molecule has 0 aliphatic heterocycles. The van der Waals surface area contributed by atoms with Crippen LogP contribution in [-0.2, 0) is 9.53 Å². The van der Waals surface area contributed by atoms with Gasteiger partial charge < -0.3 is 10.1 Å². The van der Waals surface area contributed by atoms with E-state index in [0.29, 0.717) is 12.0 Å². The first-order valence-electron chi connectivity index (χ1n) is 4.86. The SMILES string of the molecule is CC(C)(C)OC1CC(CNC=O)C1. The number of nitrogens with one attached hydrogen (secondary N) is 1. The van der Waals surface area contributed by atoms with Gasteiger partial charge in [-0.15, -0.1) is 0 Å². The fourth-order valence-electron chi connectivity index (χ4n) is 1.65. The predicted octanol–water partition coefficient (Wildman–Crippen LogP) is 1.33. The molecule has 0 aromatic carbocycles. The summed E-state index contributed by atoms with van der Waals surface area (Å²) in [7, 11) is 0. The highest BCUT2D eigenvalue weighted by Gasteiger charge is 2.32. The predicted molar refractivity (Wildman–Crippen MR) is 51.4 cm³/mol. The molecular formula is C10H19NO2. The van der Waals surface area contributed by atoms with Gasteiger partial charge in [0, 0.05) is 6.54 Å². The second-order valence-electron chi connectivity index (χ2n) is 4.72. The van der Waals surface area contributed by atoms with Gasteiger partial charge in [0.15, 0.2) is 0 Å². The smallest absolute Gasteiger partial charge is 0.207 e. The zero-order valence-electron chi connectivity index (χ0n) is 8.67. The topological polar surface area (TPSA) is 38.3 Å². The van der Waals surface area contributed by atoms with Crippen LogP contribution in [0.2, 0.25) is 0 Å². The van der Waals surface area contributed by atoms with E-state index in [-0.39, 0.29) is 5.60 Å². The second-order valence-corrected chi connectivity index (χ2v) is 4.72. The van der Waals surface area contributed by atoms with Gasteiger partial charge in [-0.3, -0.25) is 4.79 Å².